The SMILES string of the molecule is CC.CC(=O)c1c(N)cnc2ccccc12. The molecule has 3 nitrogen and oxygen atoms in total. The van der Waals surface area contributed by atoms with Crippen molar-refractivity contribution in [3.63, 3.8) is 0 Å². The summed E-state index contributed by atoms with van der Waals surface area (Å²) in [5.41, 5.74) is 7.51. The highest BCUT2D eigenvalue weighted by molar-refractivity contribution is 6.10. The van der Waals surface area contributed by atoms with Gasteiger partial charge in [-0.3, -0.25) is 9.78 Å². The second-order valence-corrected chi connectivity index (χ2v) is 3.16. The molecule has 0 aliphatic heterocycles. The molecule has 2 aromatic rings. The Bertz CT molecular complexity index is 506. The highest BCUT2D eigenvalue weighted by Gasteiger charge is 2.09. The van der Waals surface area contributed by atoms with Gasteiger partial charge in [0.2, 0.25) is 0 Å². The van der Waals surface area contributed by atoms with Crippen LogP contribution in [0.4, 0.5) is 5.69 Å². The van der Waals surface area contributed by atoms with Crippen molar-refractivity contribution < 1.29 is 4.79 Å². The number of nitrogen functional groups attached to an aromatic ring is 1. The molecule has 1 aromatic heterocycles. The number of hydrogen-bond acceptors (Lipinski definition) is 3. The maximum Gasteiger partial charge on any atom is 0.162 e. The minimum absolute atomic E-state index is 0.0268. The Morgan fingerprint density at radius 1 is 1.25 bits per heavy atom. The van der Waals surface area contributed by atoms with E-state index in [1.165, 1.54) is 13.1 Å². The van der Waals surface area contributed by atoms with Gasteiger partial charge >= 0.3 is 0 Å². The van der Waals surface area contributed by atoms with E-state index in [9.17, 15) is 4.79 Å². The maximum absolute atomic E-state index is 11.4. The van der Waals surface area contributed by atoms with Crippen molar-refractivity contribution in [2.75, 3.05) is 5.73 Å². The van der Waals surface area contributed by atoms with Gasteiger partial charge in [-0.15, -0.1) is 0 Å². The number of carbonyl (C=O) groups is 1. The average molecular weight is 216 g/mol. The number of nitrogens with two attached hydrogens (primary N) is 1. The number of ketones is 1. The number of anilines is 1. The predicted octanol–water partition coefficient (Wildman–Crippen LogP) is 3.05. The number of rotatable bonds is 1. The molecule has 1 heterocycles. The molecule has 0 bridgehead atoms. The van der Waals surface area contributed by atoms with Crippen molar-refractivity contribution in [2.45, 2.75) is 20.8 Å². The minimum Gasteiger partial charge on any atom is -0.397 e. The van der Waals surface area contributed by atoms with Gasteiger partial charge in [-0.05, 0) is 13.0 Å². The van der Waals surface area contributed by atoms with Crippen LogP contribution in [0.1, 0.15) is 31.1 Å². The van der Waals surface area contributed by atoms with Crippen LogP contribution in [0.25, 0.3) is 10.9 Å². The molecular formula is C13H16N2O. The first-order valence-corrected chi connectivity index (χ1v) is 5.34. The van der Waals surface area contributed by atoms with Crippen LogP contribution in [-0.2, 0) is 0 Å². The molecule has 2 rings (SSSR count). The lowest BCUT2D eigenvalue weighted by atomic mass is 10.0. The van der Waals surface area contributed by atoms with Crippen molar-refractivity contribution in [1.82, 2.24) is 4.98 Å². The van der Waals surface area contributed by atoms with Gasteiger partial charge in [0.15, 0.2) is 5.78 Å². The lowest BCUT2D eigenvalue weighted by Gasteiger charge is -2.05. The molecule has 84 valence electrons. The van der Waals surface area contributed by atoms with E-state index in [4.69, 9.17) is 5.73 Å². The summed E-state index contributed by atoms with van der Waals surface area (Å²) < 4.78 is 0. The average Bonchev–Trinajstić information content (AvgIpc) is 2.31. The fourth-order valence-corrected chi connectivity index (χ4v) is 1.55. The number of nitrogens with zero attached hydrogens (tertiary/aromatic N) is 1. The van der Waals surface area contributed by atoms with Crippen molar-refractivity contribution in [3.8, 4) is 0 Å². The molecule has 0 spiro atoms. The molecule has 0 radical (unpaired) electrons. The molecule has 0 aliphatic rings. The lowest BCUT2D eigenvalue weighted by Crippen LogP contribution is -2.01. The van der Waals surface area contributed by atoms with Crippen LogP contribution in [-0.4, -0.2) is 10.8 Å². The van der Waals surface area contributed by atoms with Crippen molar-refractivity contribution in [3.05, 3.63) is 36.0 Å². The van der Waals surface area contributed by atoms with Gasteiger partial charge in [-0.2, -0.15) is 0 Å². The molecule has 0 saturated carbocycles. The second-order valence-electron chi connectivity index (χ2n) is 3.16. The number of carbonyl (C=O) groups excluding carboxylic acids is 1. The Kier molecular flexibility index (Phi) is 4.00. The van der Waals surface area contributed by atoms with Gasteiger partial charge in [-0.1, -0.05) is 32.0 Å². The Morgan fingerprint density at radius 3 is 2.50 bits per heavy atom. The van der Waals surface area contributed by atoms with E-state index in [2.05, 4.69) is 4.98 Å². The van der Waals surface area contributed by atoms with Crippen LogP contribution in [0.2, 0.25) is 0 Å². The molecule has 0 amide bonds. The molecule has 0 fully saturated rings. The van der Waals surface area contributed by atoms with Crippen LogP contribution in [0, 0.1) is 0 Å². The van der Waals surface area contributed by atoms with Crippen molar-refractivity contribution in [1.29, 1.82) is 0 Å². The largest absolute Gasteiger partial charge is 0.397 e. The number of para-hydroxylation sites is 1. The highest BCUT2D eigenvalue weighted by Crippen LogP contribution is 2.22. The second kappa shape index (κ2) is 5.26. The molecule has 2 N–H and O–H groups in total. The maximum atomic E-state index is 11.4. The van der Waals surface area contributed by atoms with Crippen molar-refractivity contribution >= 4 is 22.4 Å². The Morgan fingerprint density at radius 2 is 1.88 bits per heavy atom. The molecule has 0 unspecified atom stereocenters. The molecule has 0 saturated heterocycles. The van der Waals surface area contributed by atoms with Gasteiger partial charge in [0, 0.05) is 5.39 Å². The third-order valence-electron chi connectivity index (χ3n) is 2.16. The van der Waals surface area contributed by atoms with Gasteiger partial charge in [0.25, 0.3) is 0 Å². The first kappa shape index (κ1) is 12.2. The van der Waals surface area contributed by atoms with Crippen LogP contribution in [0.3, 0.4) is 0 Å². The van der Waals surface area contributed by atoms with Crippen LogP contribution in [0.5, 0.6) is 0 Å². The molecule has 1 aromatic carbocycles. The van der Waals surface area contributed by atoms with Gasteiger partial charge < -0.3 is 5.73 Å². The van der Waals surface area contributed by atoms with Gasteiger partial charge in [0.05, 0.1) is 23.0 Å². The topological polar surface area (TPSA) is 56.0 Å². The third-order valence-corrected chi connectivity index (χ3v) is 2.16. The van der Waals surface area contributed by atoms with Gasteiger partial charge in [0.1, 0.15) is 0 Å². The summed E-state index contributed by atoms with van der Waals surface area (Å²) in [5, 5.41) is 0.819. The van der Waals surface area contributed by atoms with E-state index < -0.39 is 0 Å². The first-order chi connectivity index (χ1) is 7.70. The number of aromatic nitrogens is 1. The van der Waals surface area contributed by atoms with Crippen LogP contribution >= 0.6 is 0 Å². The monoisotopic (exact) mass is 216 g/mol. The fraction of sp³-hybridized carbons (Fsp3) is 0.231. The summed E-state index contributed by atoms with van der Waals surface area (Å²) in [7, 11) is 0. The van der Waals surface area contributed by atoms with Crippen molar-refractivity contribution in [2.24, 2.45) is 0 Å². The standard InChI is InChI=1S/C11H10N2O.C2H6/c1-7(14)11-8-4-2-3-5-10(8)13-6-9(11)12;1-2/h2-6H,12H2,1H3;1-2H3. The zero-order valence-corrected chi connectivity index (χ0v) is 9.82. The molecule has 0 aliphatic carbocycles. The molecule has 3 heteroatoms. The van der Waals surface area contributed by atoms with Crippen LogP contribution < -0.4 is 5.73 Å². The first-order valence-electron chi connectivity index (χ1n) is 5.34. The van der Waals surface area contributed by atoms with E-state index in [1.54, 1.807) is 0 Å². The zero-order chi connectivity index (χ0) is 12.1. The fourth-order valence-electron chi connectivity index (χ4n) is 1.55. The van der Waals surface area contributed by atoms with E-state index in [1.807, 2.05) is 38.1 Å². The lowest BCUT2D eigenvalue weighted by molar-refractivity contribution is 0.102. The predicted molar refractivity (Wildman–Crippen MR) is 67.5 cm³/mol. The third kappa shape index (κ3) is 2.19. The number of pyridine rings is 1. The number of fused-ring (bicyclic) bond motifs is 1. The Labute approximate surface area is 95.3 Å². The van der Waals surface area contributed by atoms with E-state index >= 15 is 0 Å². The number of benzene rings is 1. The smallest absolute Gasteiger partial charge is 0.162 e. The number of hydrogen-bond donors (Lipinski definition) is 1. The van der Waals surface area contributed by atoms with E-state index in [-0.39, 0.29) is 5.78 Å². The number of Topliss-reactive ketones (excluding diaryl/α,β-unsaturated/α-hetero) is 1. The zero-order valence-electron chi connectivity index (χ0n) is 9.82. The summed E-state index contributed by atoms with van der Waals surface area (Å²) in [6.07, 6.45) is 1.53. The van der Waals surface area contributed by atoms with E-state index in [0.717, 1.165) is 10.9 Å². The Balaban J connectivity index is 0.000000606. The summed E-state index contributed by atoms with van der Waals surface area (Å²) >= 11 is 0. The summed E-state index contributed by atoms with van der Waals surface area (Å²) in [5.74, 6) is -0.0268. The quantitative estimate of drug-likeness (QED) is 0.745. The van der Waals surface area contributed by atoms with E-state index in [0.29, 0.717) is 11.3 Å². The molecule has 0 atom stereocenters. The summed E-state index contributed by atoms with van der Waals surface area (Å²) in [6.45, 7) is 5.51. The van der Waals surface area contributed by atoms with Crippen LogP contribution in [0.15, 0.2) is 30.5 Å². The highest BCUT2D eigenvalue weighted by atomic mass is 16.1. The normalized spacial score (nSPS) is 9.44. The van der Waals surface area contributed by atoms with Gasteiger partial charge in [-0.25, -0.2) is 0 Å². The molecular weight excluding hydrogens is 200 g/mol. The molecule has 16 heavy (non-hydrogen) atoms. The summed E-state index contributed by atoms with van der Waals surface area (Å²) in [6, 6.07) is 7.47. The summed E-state index contributed by atoms with van der Waals surface area (Å²) in [4.78, 5) is 15.5. The Hall–Kier alpha value is -1.90. The minimum atomic E-state index is -0.0268.